The zero-order chi connectivity index (χ0) is 15.4. The number of halogens is 2. The Balaban J connectivity index is 1.87. The number of aliphatic carboxylic acids is 1. The van der Waals surface area contributed by atoms with Crippen LogP contribution in [0.15, 0.2) is 18.2 Å². The Morgan fingerprint density at radius 3 is 2.81 bits per heavy atom. The second-order valence-electron chi connectivity index (χ2n) is 4.91. The molecule has 1 aliphatic carbocycles. The van der Waals surface area contributed by atoms with Crippen molar-refractivity contribution < 1.29 is 19.4 Å². The minimum Gasteiger partial charge on any atom is -0.482 e. The fourth-order valence-electron chi connectivity index (χ4n) is 2.41. The smallest absolute Gasteiger partial charge is 0.308 e. The highest BCUT2D eigenvalue weighted by Crippen LogP contribution is 2.28. The van der Waals surface area contributed by atoms with Crippen LogP contribution in [-0.4, -0.2) is 29.6 Å². The molecule has 0 saturated heterocycles. The number of ether oxygens (including phenoxy) is 1. The summed E-state index contributed by atoms with van der Waals surface area (Å²) in [5.41, 5.74) is 0. The Morgan fingerprint density at radius 2 is 2.10 bits per heavy atom. The molecule has 1 aromatic carbocycles. The Bertz CT molecular complexity index is 550. The van der Waals surface area contributed by atoms with Gasteiger partial charge >= 0.3 is 5.97 Å². The predicted octanol–water partition coefficient (Wildman–Crippen LogP) is 2.74. The molecule has 1 amide bonds. The topological polar surface area (TPSA) is 75.6 Å². The van der Waals surface area contributed by atoms with Crippen molar-refractivity contribution in [3.8, 4) is 5.75 Å². The molecular weight excluding hydrogens is 317 g/mol. The third-order valence-electron chi connectivity index (χ3n) is 3.43. The molecule has 2 atom stereocenters. The van der Waals surface area contributed by atoms with E-state index in [0.717, 1.165) is 6.42 Å². The number of amides is 1. The molecule has 0 heterocycles. The highest BCUT2D eigenvalue weighted by Gasteiger charge is 2.33. The van der Waals surface area contributed by atoms with Gasteiger partial charge in [-0.25, -0.2) is 0 Å². The lowest BCUT2D eigenvalue weighted by molar-refractivity contribution is -0.142. The molecule has 0 radical (unpaired) electrons. The number of benzene rings is 1. The first kappa shape index (κ1) is 15.9. The zero-order valence-corrected chi connectivity index (χ0v) is 12.7. The highest BCUT2D eigenvalue weighted by molar-refractivity contribution is 6.34. The molecule has 21 heavy (non-hydrogen) atoms. The van der Waals surface area contributed by atoms with Crippen LogP contribution in [0.2, 0.25) is 10.0 Å². The van der Waals surface area contributed by atoms with Crippen LogP contribution in [0.1, 0.15) is 19.3 Å². The van der Waals surface area contributed by atoms with Crippen LogP contribution < -0.4 is 10.1 Å². The van der Waals surface area contributed by atoms with Crippen molar-refractivity contribution in [1.29, 1.82) is 0 Å². The van der Waals surface area contributed by atoms with E-state index in [0.29, 0.717) is 28.6 Å². The average molecular weight is 332 g/mol. The van der Waals surface area contributed by atoms with Crippen LogP contribution >= 0.6 is 23.2 Å². The van der Waals surface area contributed by atoms with Gasteiger partial charge in [0, 0.05) is 17.1 Å². The molecule has 2 unspecified atom stereocenters. The number of nitrogens with one attached hydrogen (secondary N) is 1. The van der Waals surface area contributed by atoms with Crippen molar-refractivity contribution in [1.82, 2.24) is 5.32 Å². The van der Waals surface area contributed by atoms with Gasteiger partial charge in [0.1, 0.15) is 5.75 Å². The summed E-state index contributed by atoms with van der Waals surface area (Å²) >= 11 is 11.7. The van der Waals surface area contributed by atoms with E-state index in [1.165, 1.54) is 6.07 Å². The number of carbonyl (C=O) groups excluding carboxylic acids is 1. The molecule has 0 spiro atoms. The van der Waals surface area contributed by atoms with Gasteiger partial charge in [0.05, 0.1) is 10.9 Å². The summed E-state index contributed by atoms with van der Waals surface area (Å²) in [4.78, 5) is 22.9. The van der Waals surface area contributed by atoms with Gasteiger partial charge in [-0.2, -0.15) is 0 Å². The molecule has 0 aliphatic heterocycles. The highest BCUT2D eigenvalue weighted by atomic mass is 35.5. The van der Waals surface area contributed by atoms with Crippen molar-refractivity contribution in [2.24, 2.45) is 5.92 Å². The lowest BCUT2D eigenvalue weighted by Gasteiger charge is -2.17. The van der Waals surface area contributed by atoms with E-state index in [1.54, 1.807) is 12.1 Å². The van der Waals surface area contributed by atoms with Crippen LogP contribution in [0.5, 0.6) is 5.75 Å². The summed E-state index contributed by atoms with van der Waals surface area (Å²) in [6.07, 6.45) is 2.05. The van der Waals surface area contributed by atoms with Crippen LogP contribution in [0, 0.1) is 5.92 Å². The Labute approximate surface area is 132 Å². The molecule has 1 fully saturated rings. The first-order valence-electron chi connectivity index (χ1n) is 6.57. The van der Waals surface area contributed by atoms with E-state index in [2.05, 4.69) is 5.32 Å². The molecule has 7 heteroatoms. The van der Waals surface area contributed by atoms with Gasteiger partial charge in [-0.15, -0.1) is 0 Å². The number of carbonyl (C=O) groups is 2. The van der Waals surface area contributed by atoms with E-state index < -0.39 is 11.9 Å². The van der Waals surface area contributed by atoms with Crippen molar-refractivity contribution >= 4 is 35.1 Å². The van der Waals surface area contributed by atoms with Crippen LogP contribution in [-0.2, 0) is 9.59 Å². The van der Waals surface area contributed by atoms with Crippen LogP contribution in [0.4, 0.5) is 0 Å². The monoisotopic (exact) mass is 331 g/mol. The van der Waals surface area contributed by atoms with Gasteiger partial charge in [0.2, 0.25) is 0 Å². The molecule has 1 aliphatic rings. The maximum Gasteiger partial charge on any atom is 0.308 e. The van der Waals surface area contributed by atoms with E-state index in [9.17, 15) is 9.59 Å². The molecular formula is C14H15Cl2NO4. The largest absolute Gasteiger partial charge is 0.482 e. The van der Waals surface area contributed by atoms with Gasteiger partial charge in [-0.1, -0.05) is 29.6 Å². The van der Waals surface area contributed by atoms with Gasteiger partial charge in [-0.05, 0) is 25.0 Å². The SMILES string of the molecule is O=C(COc1cc(Cl)ccc1Cl)NC1CCCC1C(=O)O. The Hall–Kier alpha value is -1.46. The maximum absolute atomic E-state index is 11.8. The fourth-order valence-corrected chi connectivity index (χ4v) is 2.74. The molecule has 1 aromatic rings. The number of carboxylic acid groups (broad SMARTS) is 1. The molecule has 0 aromatic heterocycles. The molecule has 2 N–H and O–H groups in total. The molecule has 1 saturated carbocycles. The Kier molecular flexibility index (Phi) is 5.31. The normalized spacial score (nSPS) is 21.0. The first-order valence-corrected chi connectivity index (χ1v) is 7.33. The van der Waals surface area contributed by atoms with Crippen molar-refractivity contribution in [3.63, 3.8) is 0 Å². The van der Waals surface area contributed by atoms with Crippen LogP contribution in [0.3, 0.4) is 0 Å². The minimum atomic E-state index is -0.878. The van der Waals surface area contributed by atoms with Crippen molar-refractivity contribution in [3.05, 3.63) is 28.2 Å². The number of hydrogen-bond acceptors (Lipinski definition) is 3. The van der Waals surface area contributed by atoms with E-state index >= 15 is 0 Å². The summed E-state index contributed by atoms with van der Waals surface area (Å²) in [6, 6.07) is 4.38. The second-order valence-corrected chi connectivity index (χ2v) is 5.76. The lowest BCUT2D eigenvalue weighted by atomic mass is 10.0. The molecule has 114 valence electrons. The van der Waals surface area contributed by atoms with Gasteiger partial charge in [-0.3, -0.25) is 9.59 Å². The van der Waals surface area contributed by atoms with Gasteiger partial charge < -0.3 is 15.2 Å². The van der Waals surface area contributed by atoms with E-state index in [1.807, 2.05) is 0 Å². The summed E-state index contributed by atoms with van der Waals surface area (Å²) in [5, 5.41) is 12.6. The maximum atomic E-state index is 11.8. The van der Waals surface area contributed by atoms with E-state index in [-0.39, 0.29) is 18.6 Å². The predicted molar refractivity (Wildman–Crippen MR) is 78.9 cm³/mol. The van der Waals surface area contributed by atoms with Crippen molar-refractivity contribution in [2.45, 2.75) is 25.3 Å². The third-order valence-corrected chi connectivity index (χ3v) is 3.98. The summed E-state index contributed by atoms with van der Waals surface area (Å²) in [5.74, 6) is -1.45. The quantitative estimate of drug-likeness (QED) is 0.869. The number of hydrogen-bond donors (Lipinski definition) is 2. The average Bonchev–Trinajstić information content (AvgIpc) is 2.88. The number of carboxylic acids is 1. The molecule has 5 nitrogen and oxygen atoms in total. The van der Waals surface area contributed by atoms with Gasteiger partial charge in [0.15, 0.2) is 6.61 Å². The third kappa shape index (κ3) is 4.25. The van der Waals surface area contributed by atoms with Crippen molar-refractivity contribution in [2.75, 3.05) is 6.61 Å². The standard InChI is InChI=1S/C14H15Cl2NO4/c15-8-4-5-10(16)12(6-8)21-7-13(18)17-11-3-1-2-9(11)14(19)20/h4-6,9,11H,1-3,7H2,(H,17,18)(H,19,20). The Morgan fingerprint density at radius 1 is 1.33 bits per heavy atom. The first-order chi connectivity index (χ1) is 9.97. The van der Waals surface area contributed by atoms with Crippen LogP contribution in [0.25, 0.3) is 0 Å². The van der Waals surface area contributed by atoms with Gasteiger partial charge in [0.25, 0.3) is 5.91 Å². The second kappa shape index (κ2) is 7.00. The number of rotatable bonds is 5. The lowest BCUT2D eigenvalue weighted by Crippen LogP contribution is -2.42. The fraction of sp³-hybridized carbons (Fsp3) is 0.429. The zero-order valence-electron chi connectivity index (χ0n) is 11.1. The summed E-state index contributed by atoms with van der Waals surface area (Å²) < 4.78 is 5.31. The molecule has 2 rings (SSSR count). The minimum absolute atomic E-state index is 0.233. The van der Waals surface area contributed by atoms with E-state index in [4.69, 9.17) is 33.0 Å². The summed E-state index contributed by atoms with van der Waals surface area (Å²) in [6.45, 7) is -0.233. The summed E-state index contributed by atoms with van der Waals surface area (Å²) in [7, 11) is 0. The molecule has 0 bridgehead atoms.